The lowest BCUT2D eigenvalue weighted by atomic mass is 10.1. The summed E-state index contributed by atoms with van der Waals surface area (Å²) in [5.41, 5.74) is 0.913. The van der Waals surface area contributed by atoms with Gasteiger partial charge >= 0.3 is 0 Å². The molecule has 0 unspecified atom stereocenters. The summed E-state index contributed by atoms with van der Waals surface area (Å²) < 4.78 is 18.2. The number of nitrogens with zero attached hydrogens (tertiary/aromatic N) is 4. The lowest BCUT2D eigenvalue weighted by Crippen LogP contribution is -2.42. The normalized spacial score (nSPS) is 18.1. The maximum Gasteiger partial charge on any atom is 0.231 e. The Hall–Kier alpha value is -2.61. The Kier molecular flexibility index (Phi) is 4.50. The van der Waals surface area contributed by atoms with E-state index >= 15 is 0 Å². The average Bonchev–Trinajstić information content (AvgIpc) is 3.26. The van der Waals surface area contributed by atoms with Crippen LogP contribution in [-0.2, 0) is 29.1 Å². The van der Waals surface area contributed by atoms with Crippen molar-refractivity contribution in [3.8, 4) is 11.5 Å². The maximum atomic E-state index is 12.8. The van der Waals surface area contributed by atoms with Crippen LogP contribution in [0.25, 0.3) is 0 Å². The second-order valence-corrected chi connectivity index (χ2v) is 6.39. The summed E-state index contributed by atoms with van der Waals surface area (Å²) in [6, 6.07) is 5.51. The first-order chi connectivity index (χ1) is 12.7. The summed E-state index contributed by atoms with van der Waals surface area (Å²) in [5.74, 6) is 3.11. The first-order valence-corrected chi connectivity index (χ1v) is 8.85. The number of ether oxygens (including phenoxy) is 3. The summed E-state index contributed by atoms with van der Waals surface area (Å²) >= 11 is 0. The minimum atomic E-state index is -0.117. The SMILES string of the molecule is CCOCc1nnc2n1CCN(C(=O)Cc1ccc3c(c1)OCO3)[C@H]2C. The molecule has 1 aromatic carbocycles. The zero-order valence-electron chi connectivity index (χ0n) is 15.0. The van der Waals surface area contributed by atoms with Crippen molar-refractivity contribution >= 4 is 5.91 Å². The molecule has 0 saturated carbocycles. The first kappa shape index (κ1) is 16.8. The van der Waals surface area contributed by atoms with Crippen molar-refractivity contribution in [2.75, 3.05) is 19.9 Å². The Morgan fingerprint density at radius 1 is 1.27 bits per heavy atom. The molecule has 1 aromatic heterocycles. The van der Waals surface area contributed by atoms with E-state index < -0.39 is 0 Å². The third-order valence-corrected chi connectivity index (χ3v) is 4.81. The number of hydrogen-bond acceptors (Lipinski definition) is 6. The highest BCUT2D eigenvalue weighted by atomic mass is 16.7. The van der Waals surface area contributed by atoms with E-state index in [1.165, 1.54) is 0 Å². The zero-order chi connectivity index (χ0) is 18.1. The van der Waals surface area contributed by atoms with Crippen molar-refractivity contribution in [2.24, 2.45) is 0 Å². The molecule has 0 saturated heterocycles. The van der Waals surface area contributed by atoms with Gasteiger partial charge in [0.05, 0.1) is 12.5 Å². The van der Waals surface area contributed by atoms with Crippen molar-refractivity contribution in [2.45, 2.75) is 39.5 Å². The van der Waals surface area contributed by atoms with Crippen LogP contribution in [0.5, 0.6) is 11.5 Å². The Bertz CT molecular complexity index is 820. The van der Waals surface area contributed by atoms with Gasteiger partial charge in [0.2, 0.25) is 12.7 Å². The molecular weight excluding hydrogens is 336 g/mol. The van der Waals surface area contributed by atoms with Crippen molar-refractivity contribution < 1.29 is 19.0 Å². The van der Waals surface area contributed by atoms with E-state index in [1.807, 2.05) is 36.9 Å². The van der Waals surface area contributed by atoms with Crippen LogP contribution in [0.15, 0.2) is 18.2 Å². The molecule has 1 amide bonds. The van der Waals surface area contributed by atoms with Gasteiger partial charge in [-0.2, -0.15) is 0 Å². The summed E-state index contributed by atoms with van der Waals surface area (Å²) in [4.78, 5) is 14.7. The van der Waals surface area contributed by atoms with Crippen LogP contribution in [0, 0.1) is 0 Å². The Morgan fingerprint density at radius 3 is 2.96 bits per heavy atom. The minimum absolute atomic E-state index is 0.0666. The fourth-order valence-electron chi connectivity index (χ4n) is 3.41. The summed E-state index contributed by atoms with van der Waals surface area (Å²) in [7, 11) is 0. The van der Waals surface area contributed by atoms with Gasteiger partial charge in [0.15, 0.2) is 23.1 Å². The molecule has 8 heteroatoms. The third kappa shape index (κ3) is 3.01. The van der Waals surface area contributed by atoms with E-state index in [-0.39, 0.29) is 18.7 Å². The van der Waals surface area contributed by atoms with Crippen LogP contribution in [0.3, 0.4) is 0 Å². The fraction of sp³-hybridized carbons (Fsp3) is 0.500. The second kappa shape index (κ2) is 6.95. The van der Waals surface area contributed by atoms with Gasteiger partial charge in [-0.15, -0.1) is 10.2 Å². The van der Waals surface area contributed by atoms with Gasteiger partial charge in [-0.25, -0.2) is 0 Å². The topological polar surface area (TPSA) is 78.7 Å². The van der Waals surface area contributed by atoms with E-state index in [0.29, 0.717) is 38.5 Å². The monoisotopic (exact) mass is 358 g/mol. The van der Waals surface area contributed by atoms with Crippen LogP contribution in [0.4, 0.5) is 0 Å². The van der Waals surface area contributed by atoms with Crippen molar-refractivity contribution in [1.82, 2.24) is 19.7 Å². The largest absolute Gasteiger partial charge is 0.454 e. The standard InChI is InChI=1S/C18H22N4O4/c1-3-24-10-16-19-20-18-12(2)21(6-7-22(16)18)17(23)9-13-4-5-14-15(8-13)26-11-25-14/h4-5,8,12H,3,6-7,9-11H2,1-2H3/t12-/m0/s1. The average molecular weight is 358 g/mol. The van der Waals surface area contributed by atoms with Gasteiger partial charge in [-0.1, -0.05) is 6.07 Å². The number of carbonyl (C=O) groups excluding carboxylic acids is 1. The number of benzene rings is 1. The quantitative estimate of drug-likeness (QED) is 0.809. The van der Waals surface area contributed by atoms with E-state index in [9.17, 15) is 4.79 Å². The Morgan fingerprint density at radius 2 is 2.12 bits per heavy atom. The van der Waals surface area contributed by atoms with Crippen LogP contribution < -0.4 is 9.47 Å². The fourth-order valence-corrected chi connectivity index (χ4v) is 3.41. The zero-order valence-corrected chi connectivity index (χ0v) is 15.0. The molecule has 3 heterocycles. The highest BCUT2D eigenvalue weighted by Gasteiger charge is 2.31. The number of hydrogen-bond donors (Lipinski definition) is 0. The smallest absolute Gasteiger partial charge is 0.231 e. The highest BCUT2D eigenvalue weighted by molar-refractivity contribution is 5.79. The molecule has 26 heavy (non-hydrogen) atoms. The van der Waals surface area contributed by atoms with Gasteiger partial charge in [0, 0.05) is 19.7 Å². The Balaban J connectivity index is 1.46. The van der Waals surface area contributed by atoms with Gasteiger partial charge < -0.3 is 23.7 Å². The van der Waals surface area contributed by atoms with Crippen LogP contribution in [-0.4, -0.2) is 45.5 Å². The van der Waals surface area contributed by atoms with Gasteiger partial charge in [-0.3, -0.25) is 4.79 Å². The summed E-state index contributed by atoms with van der Waals surface area (Å²) in [5, 5.41) is 8.50. The molecule has 0 N–H and O–H groups in total. The van der Waals surface area contributed by atoms with Gasteiger partial charge in [0.25, 0.3) is 0 Å². The summed E-state index contributed by atoms with van der Waals surface area (Å²) in [6.45, 7) is 6.57. The second-order valence-electron chi connectivity index (χ2n) is 6.39. The van der Waals surface area contributed by atoms with Crippen molar-refractivity contribution in [3.05, 3.63) is 35.4 Å². The minimum Gasteiger partial charge on any atom is -0.454 e. The molecule has 8 nitrogen and oxygen atoms in total. The van der Waals surface area contributed by atoms with Gasteiger partial charge in [-0.05, 0) is 31.5 Å². The molecule has 0 aliphatic carbocycles. The molecule has 2 aromatic rings. The van der Waals surface area contributed by atoms with E-state index in [0.717, 1.165) is 23.0 Å². The molecular formula is C18H22N4O4. The lowest BCUT2D eigenvalue weighted by molar-refractivity contribution is -0.133. The molecule has 2 aliphatic heterocycles. The molecule has 138 valence electrons. The molecule has 0 radical (unpaired) electrons. The maximum absolute atomic E-state index is 12.8. The lowest BCUT2D eigenvalue weighted by Gasteiger charge is -2.34. The number of rotatable bonds is 5. The van der Waals surface area contributed by atoms with Gasteiger partial charge in [0.1, 0.15) is 6.61 Å². The predicted octanol–water partition coefficient (Wildman–Crippen LogP) is 1.69. The van der Waals surface area contributed by atoms with Crippen molar-refractivity contribution in [3.63, 3.8) is 0 Å². The number of aromatic nitrogens is 3. The van der Waals surface area contributed by atoms with E-state index in [2.05, 4.69) is 14.8 Å². The third-order valence-electron chi connectivity index (χ3n) is 4.81. The highest BCUT2D eigenvalue weighted by Crippen LogP contribution is 2.33. The van der Waals surface area contributed by atoms with E-state index in [4.69, 9.17) is 14.2 Å². The summed E-state index contributed by atoms with van der Waals surface area (Å²) in [6.07, 6.45) is 0.320. The molecule has 0 bridgehead atoms. The Labute approximate surface area is 151 Å². The predicted molar refractivity (Wildman–Crippen MR) is 91.7 cm³/mol. The molecule has 2 aliphatic rings. The number of fused-ring (bicyclic) bond motifs is 2. The molecule has 0 spiro atoms. The molecule has 4 rings (SSSR count). The number of carbonyl (C=O) groups is 1. The molecule has 1 atom stereocenters. The van der Waals surface area contributed by atoms with Crippen molar-refractivity contribution in [1.29, 1.82) is 0 Å². The van der Waals surface area contributed by atoms with Crippen LogP contribution in [0.2, 0.25) is 0 Å². The van der Waals surface area contributed by atoms with E-state index in [1.54, 1.807) is 0 Å². The molecule has 0 fully saturated rings. The number of amides is 1. The first-order valence-electron chi connectivity index (χ1n) is 8.85. The van der Waals surface area contributed by atoms with Crippen LogP contribution >= 0.6 is 0 Å². The van der Waals surface area contributed by atoms with Crippen LogP contribution in [0.1, 0.15) is 37.1 Å².